The van der Waals surface area contributed by atoms with Gasteiger partial charge in [-0.2, -0.15) is 0 Å². The third-order valence-electron chi connectivity index (χ3n) is 1.00. The molecule has 0 spiro atoms. The molecule has 0 fully saturated rings. The van der Waals surface area contributed by atoms with Crippen molar-refractivity contribution in [2.75, 3.05) is 0 Å². The molecule has 0 aliphatic heterocycles. The molecule has 0 radical (unpaired) electrons. The van der Waals surface area contributed by atoms with Crippen LogP contribution in [-0.4, -0.2) is 11.9 Å². The van der Waals surface area contributed by atoms with E-state index in [0.29, 0.717) is 5.82 Å². The van der Waals surface area contributed by atoms with Gasteiger partial charge in [-0.1, -0.05) is 29.1 Å². The minimum absolute atomic E-state index is 0.680. The van der Waals surface area contributed by atoms with Crippen LogP contribution in [0.1, 0.15) is 0 Å². The van der Waals surface area contributed by atoms with E-state index in [9.17, 15) is 14.2 Å². The Hall–Kier alpha value is -1.69. The molecule has 0 atom stereocenters. The summed E-state index contributed by atoms with van der Waals surface area (Å²) in [6, 6.07) is 0. The minimum Gasteiger partial charge on any atom is -0.284 e. The molecule has 0 heterocycles. The molecule has 0 rings (SSSR count). The van der Waals surface area contributed by atoms with E-state index in [2.05, 4.69) is 38.9 Å². The summed E-state index contributed by atoms with van der Waals surface area (Å²) >= 11 is 0. The Morgan fingerprint density at radius 3 is 1.56 bits per heavy atom. The molecule has 0 saturated heterocycles. The van der Waals surface area contributed by atoms with Crippen LogP contribution >= 0.6 is 7.60 Å². The number of hydrogen-bond acceptors (Lipinski definition) is 7. The zero-order valence-electron chi connectivity index (χ0n) is 8.16. The Morgan fingerprint density at radius 2 is 1.31 bits per heavy atom. The van der Waals surface area contributed by atoms with Crippen LogP contribution in [0.4, 0.5) is 0 Å². The quantitative estimate of drug-likeness (QED) is 0.293. The van der Waals surface area contributed by atoms with Gasteiger partial charge in [0.25, 0.3) is 0 Å². The molecule has 0 aromatic rings. The van der Waals surface area contributed by atoms with Gasteiger partial charge in [0.05, 0.1) is 0 Å². The maximum absolute atomic E-state index is 11.4. The molecule has 0 amide bonds. The van der Waals surface area contributed by atoms with Gasteiger partial charge in [-0.25, -0.2) is 14.2 Å². The standard InChI is InChI=1S/C8H9O7P/c1-4-7(9)12-14-16(11,6-3)15-13-8(10)5-2/h4-6H,1-3H2. The van der Waals surface area contributed by atoms with Gasteiger partial charge in [0.1, 0.15) is 0 Å². The lowest BCUT2D eigenvalue weighted by Crippen LogP contribution is -2.04. The molecular formula is C8H9O7P. The Labute approximate surface area is 91.3 Å². The first kappa shape index (κ1) is 14.3. The van der Waals surface area contributed by atoms with E-state index in [-0.39, 0.29) is 0 Å². The van der Waals surface area contributed by atoms with Crippen molar-refractivity contribution in [2.45, 2.75) is 0 Å². The van der Waals surface area contributed by atoms with E-state index in [1.807, 2.05) is 0 Å². The van der Waals surface area contributed by atoms with Gasteiger partial charge in [0.2, 0.25) is 0 Å². The van der Waals surface area contributed by atoms with Crippen LogP contribution in [0.15, 0.2) is 37.7 Å². The van der Waals surface area contributed by atoms with Gasteiger partial charge in [-0.15, -0.1) is 0 Å². The zero-order valence-corrected chi connectivity index (χ0v) is 9.05. The lowest BCUT2D eigenvalue weighted by atomic mass is 10.7. The summed E-state index contributed by atoms with van der Waals surface area (Å²) in [5.74, 6) is -1.32. The van der Waals surface area contributed by atoms with Gasteiger partial charge < -0.3 is 0 Å². The first-order chi connectivity index (χ1) is 7.47. The number of carbonyl (C=O) groups is 2. The molecular weight excluding hydrogens is 239 g/mol. The number of hydrogen-bond donors (Lipinski definition) is 0. The highest BCUT2D eigenvalue weighted by molar-refractivity contribution is 7.56. The van der Waals surface area contributed by atoms with Crippen LogP contribution in [0.2, 0.25) is 0 Å². The van der Waals surface area contributed by atoms with Crippen LogP contribution in [-0.2, 0) is 33.3 Å². The third-order valence-corrected chi connectivity index (χ3v) is 2.02. The predicted octanol–water partition coefficient (Wildman–Crippen LogP) is 1.64. The summed E-state index contributed by atoms with van der Waals surface area (Å²) in [4.78, 5) is 29.1. The third kappa shape index (κ3) is 5.26. The maximum Gasteiger partial charge on any atom is 0.427 e. The van der Waals surface area contributed by atoms with E-state index in [0.717, 1.165) is 12.2 Å². The predicted molar refractivity (Wildman–Crippen MR) is 52.6 cm³/mol. The highest BCUT2D eigenvalue weighted by Crippen LogP contribution is 2.49. The van der Waals surface area contributed by atoms with E-state index < -0.39 is 19.5 Å². The normalized spacial score (nSPS) is 10.0. The summed E-state index contributed by atoms with van der Waals surface area (Å²) < 4.78 is 19.7. The molecule has 0 saturated carbocycles. The fourth-order valence-corrected chi connectivity index (χ4v) is 0.820. The van der Waals surface area contributed by atoms with Gasteiger partial charge in [0.15, 0.2) is 0 Å². The second-order valence-electron chi connectivity index (χ2n) is 2.08. The van der Waals surface area contributed by atoms with Crippen LogP contribution in [0, 0.1) is 0 Å². The monoisotopic (exact) mass is 248 g/mol. The van der Waals surface area contributed by atoms with Crippen molar-refractivity contribution in [3.05, 3.63) is 37.7 Å². The van der Waals surface area contributed by atoms with Crippen LogP contribution in [0.25, 0.3) is 0 Å². The highest BCUT2D eigenvalue weighted by atomic mass is 31.2. The second kappa shape index (κ2) is 6.73. The average molecular weight is 248 g/mol. The summed E-state index contributed by atoms with van der Waals surface area (Å²) in [7, 11) is -4.05. The minimum atomic E-state index is -4.05. The summed E-state index contributed by atoms with van der Waals surface area (Å²) in [6.07, 6.45) is 1.53. The van der Waals surface area contributed by atoms with E-state index in [1.165, 1.54) is 0 Å². The Bertz CT molecular complexity index is 331. The largest absolute Gasteiger partial charge is 0.427 e. The molecule has 0 unspecified atom stereocenters. The lowest BCUT2D eigenvalue weighted by Gasteiger charge is -2.09. The fourth-order valence-electron chi connectivity index (χ4n) is 0.319. The molecule has 0 aromatic heterocycles. The van der Waals surface area contributed by atoms with E-state index in [4.69, 9.17) is 0 Å². The van der Waals surface area contributed by atoms with Crippen LogP contribution in [0.3, 0.4) is 0 Å². The Kier molecular flexibility index (Phi) is 6.02. The van der Waals surface area contributed by atoms with Crippen molar-refractivity contribution in [1.82, 2.24) is 0 Å². The fraction of sp³-hybridized carbons (Fsp3) is 0. The molecule has 0 bridgehead atoms. The smallest absolute Gasteiger partial charge is 0.284 e. The van der Waals surface area contributed by atoms with Gasteiger partial charge >= 0.3 is 19.5 Å². The van der Waals surface area contributed by atoms with Gasteiger partial charge in [-0.3, -0.25) is 9.78 Å². The van der Waals surface area contributed by atoms with Crippen molar-refractivity contribution in [2.24, 2.45) is 0 Å². The molecule has 16 heavy (non-hydrogen) atoms. The van der Waals surface area contributed by atoms with Crippen molar-refractivity contribution in [3.63, 3.8) is 0 Å². The van der Waals surface area contributed by atoms with E-state index in [1.54, 1.807) is 0 Å². The molecule has 0 aliphatic carbocycles. The first-order valence-electron chi connectivity index (χ1n) is 3.76. The van der Waals surface area contributed by atoms with Gasteiger partial charge in [0, 0.05) is 18.0 Å². The summed E-state index contributed by atoms with van der Waals surface area (Å²) in [5.41, 5.74) is 0. The SMILES string of the molecule is C=CC(=O)OOP(=O)(C=C)OOC(=O)C=C. The average Bonchev–Trinajstić information content (AvgIpc) is 2.32. The molecule has 0 N–H and O–H groups in total. The zero-order chi connectivity index (χ0) is 12.6. The van der Waals surface area contributed by atoms with Crippen molar-refractivity contribution in [3.8, 4) is 0 Å². The lowest BCUT2D eigenvalue weighted by molar-refractivity contribution is -0.243. The Balaban J connectivity index is 4.31. The van der Waals surface area contributed by atoms with E-state index >= 15 is 0 Å². The molecule has 8 heteroatoms. The number of carbonyl (C=O) groups excluding carboxylic acids is 2. The summed E-state index contributed by atoms with van der Waals surface area (Å²) in [6.45, 7) is 9.22. The van der Waals surface area contributed by atoms with Crippen molar-refractivity contribution < 1.29 is 33.3 Å². The summed E-state index contributed by atoms with van der Waals surface area (Å²) in [5, 5.41) is 0. The van der Waals surface area contributed by atoms with Gasteiger partial charge in [-0.05, 0) is 0 Å². The Morgan fingerprint density at radius 1 is 0.938 bits per heavy atom. The number of rotatable bonds is 7. The molecule has 0 aliphatic rings. The maximum atomic E-state index is 11.4. The molecule has 88 valence electrons. The van der Waals surface area contributed by atoms with Crippen molar-refractivity contribution in [1.29, 1.82) is 0 Å². The first-order valence-corrected chi connectivity index (χ1v) is 5.37. The topological polar surface area (TPSA) is 88.1 Å². The molecule has 7 nitrogen and oxygen atoms in total. The van der Waals surface area contributed by atoms with Crippen molar-refractivity contribution >= 4 is 19.5 Å². The molecule has 0 aromatic carbocycles. The second-order valence-corrected chi connectivity index (χ2v) is 3.83. The van der Waals surface area contributed by atoms with Crippen LogP contribution < -0.4 is 0 Å². The highest BCUT2D eigenvalue weighted by Gasteiger charge is 2.26. The van der Waals surface area contributed by atoms with Crippen LogP contribution in [0.5, 0.6) is 0 Å².